The molecule has 1 rings (SSSR count). The molecule has 0 aliphatic rings. The van der Waals surface area contributed by atoms with Gasteiger partial charge in [0.25, 0.3) is 0 Å². The van der Waals surface area contributed by atoms with Crippen LogP contribution in [0, 0.1) is 12.8 Å². The van der Waals surface area contributed by atoms with Crippen LogP contribution in [0.2, 0.25) is 0 Å². The summed E-state index contributed by atoms with van der Waals surface area (Å²) in [6.45, 7) is 8.83. The summed E-state index contributed by atoms with van der Waals surface area (Å²) in [5.41, 5.74) is 0.905. The molecular weight excluding hydrogens is 276 g/mol. The van der Waals surface area contributed by atoms with Crippen LogP contribution in [-0.2, 0) is 14.3 Å². The van der Waals surface area contributed by atoms with Crippen LogP contribution in [0.4, 0.5) is 0 Å². The Morgan fingerprint density at radius 3 is 2.45 bits per heavy atom. The van der Waals surface area contributed by atoms with Crippen molar-refractivity contribution < 1.29 is 14.3 Å². The standard InChI is InChI=1S/C14H22N2O3S/c1-8(2)12(16-10(4)17)6-13(19-11(5)18)14-15-9(3)7-20-14/h7-8,12-13H,6H2,1-5H3,(H,16,17). The number of rotatable bonds is 6. The summed E-state index contributed by atoms with van der Waals surface area (Å²) in [6, 6.07) is -0.0546. The van der Waals surface area contributed by atoms with E-state index < -0.39 is 6.10 Å². The van der Waals surface area contributed by atoms with Gasteiger partial charge >= 0.3 is 5.97 Å². The first kappa shape index (κ1) is 16.6. The Morgan fingerprint density at radius 2 is 2.05 bits per heavy atom. The summed E-state index contributed by atoms with van der Waals surface area (Å²) in [5.74, 6) is -0.174. The van der Waals surface area contributed by atoms with Crippen molar-refractivity contribution in [3.8, 4) is 0 Å². The molecule has 0 aliphatic heterocycles. The lowest BCUT2D eigenvalue weighted by Gasteiger charge is -2.25. The minimum atomic E-state index is -0.412. The Bertz CT molecular complexity index is 471. The molecule has 1 amide bonds. The molecule has 6 heteroatoms. The van der Waals surface area contributed by atoms with E-state index in [0.29, 0.717) is 6.42 Å². The zero-order valence-electron chi connectivity index (χ0n) is 12.6. The number of amides is 1. The zero-order valence-corrected chi connectivity index (χ0v) is 13.4. The number of hydrogen-bond acceptors (Lipinski definition) is 5. The van der Waals surface area contributed by atoms with Crippen molar-refractivity contribution in [3.05, 3.63) is 16.1 Å². The van der Waals surface area contributed by atoms with Gasteiger partial charge in [-0.3, -0.25) is 9.59 Å². The molecule has 0 radical (unpaired) electrons. The normalized spacial score (nSPS) is 13.9. The van der Waals surface area contributed by atoms with Crippen LogP contribution in [0.25, 0.3) is 0 Å². The van der Waals surface area contributed by atoms with Gasteiger partial charge in [0.2, 0.25) is 5.91 Å². The first-order valence-corrected chi connectivity index (χ1v) is 7.54. The van der Waals surface area contributed by atoms with Crippen molar-refractivity contribution in [1.82, 2.24) is 10.3 Å². The number of carbonyl (C=O) groups is 2. The molecule has 0 saturated carbocycles. The van der Waals surface area contributed by atoms with Crippen LogP contribution < -0.4 is 5.32 Å². The van der Waals surface area contributed by atoms with Crippen LogP contribution in [0.3, 0.4) is 0 Å². The van der Waals surface area contributed by atoms with Crippen LogP contribution in [0.5, 0.6) is 0 Å². The van der Waals surface area contributed by atoms with E-state index in [1.165, 1.54) is 25.2 Å². The van der Waals surface area contributed by atoms with Crippen molar-refractivity contribution in [2.24, 2.45) is 5.92 Å². The van der Waals surface area contributed by atoms with E-state index in [1.807, 2.05) is 26.2 Å². The fourth-order valence-corrected chi connectivity index (χ4v) is 2.75. The van der Waals surface area contributed by atoms with E-state index in [2.05, 4.69) is 10.3 Å². The van der Waals surface area contributed by atoms with Gasteiger partial charge in [0.05, 0.1) is 0 Å². The predicted octanol–water partition coefficient (Wildman–Crippen LogP) is 2.61. The van der Waals surface area contributed by atoms with E-state index in [0.717, 1.165) is 10.7 Å². The summed E-state index contributed by atoms with van der Waals surface area (Å²) in [6.07, 6.45) is 0.120. The van der Waals surface area contributed by atoms with Crippen LogP contribution in [0.1, 0.15) is 50.9 Å². The third-order valence-electron chi connectivity index (χ3n) is 2.88. The number of aryl methyl sites for hydroxylation is 1. The second-order valence-electron chi connectivity index (χ2n) is 5.21. The molecular formula is C14H22N2O3S. The van der Waals surface area contributed by atoms with Gasteiger partial charge in [-0.15, -0.1) is 11.3 Å². The highest BCUT2D eigenvalue weighted by molar-refractivity contribution is 7.09. The molecule has 1 aromatic rings. The van der Waals surface area contributed by atoms with E-state index in [1.54, 1.807) is 0 Å². The van der Waals surface area contributed by atoms with Gasteiger partial charge in [-0.05, 0) is 12.8 Å². The average molecular weight is 298 g/mol. The first-order chi connectivity index (χ1) is 9.29. The van der Waals surface area contributed by atoms with E-state index in [9.17, 15) is 9.59 Å². The molecule has 1 N–H and O–H groups in total. The van der Waals surface area contributed by atoms with Gasteiger partial charge in [-0.1, -0.05) is 13.8 Å². The molecule has 2 unspecified atom stereocenters. The predicted molar refractivity (Wildman–Crippen MR) is 78.4 cm³/mol. The van der Waals surface area contributed by atoms with Crippen molar-refractivity contribution in [2.45, 2.75) is 53.2 Å². The molecule has 0 aliphatic carbocycles. The molecule has 0 bridgehead atoms. The van der Waals surface area contributed by atoms with E-state index in [-0.39, 0.29) is 23.8 Å². The second-order valence-corrected chi connectivity index (χ2v) is 6.10. The average Bonchev–Trinajstić information content (AvgIpc) is 2.72. The SMILES string of the molecule is CC(=O)NC(CC(OC(C)=O)c1nc(C)cs1)C(C)C. The molecule has 1 aromatic heterocycles. The Hall–Kier alpha value is -1.43. The van der Waals surface area contributed by atoms with Crippen molar-refractivity contribution in [1.29, 1.82) is 0 Å². The fraction of sp³-hybridized carbons (Fsp3) is 0.643. The molecule has 5 nitrogen and oxygen atoms in total. The molecule has 112 valence electrons. The van der Waals surface area contributed by atoms with E-state index >= 15 is 0 Å². The highest BCUT2D eigenvalue weighted by atomic mass is 32.1. The zero-order chi connectivity index (χ0) is 15.3. The Balaban J connectivity index is 2.87. The molecule has 0 saturated heterocycles. The van der Waals surface area contributed by atoms with Gasteiger partial charge in [-0.2, -0.15) is 0 Å². The minimum Gasteiger partial charge on any atom is -0.455 e. The van der Waals surface area contributed by atoms with Crippen molar-refractivity contribution >= 4 is 23.2 Å². The van der Waals surface area contributed by atoms with Crippen LogP contribution in [-0.4, -0.2) is 22.9 Å². The van der Waals surface area contributed by atoms with E-state index in [4.69, 9.17) is 4.74 Å². The van der Waals surface area contributed by atoms with Crippen molar-refractivity contribution in [3.63, 3.8) is 0 Å². The number of esters is 1. The third-order valence-corrected chi connectivity index (χ3v) is 3.94. The number of nitrogens with zero attached hydrogens (tertiary/aromatic N) is 1. The van der Waals surface area contributed by atoms with Gasteiger partial charge in [0, 0.05) is 37.4 Å². The second kappa shape index (κ2) is 7.38. The molecule has 1 heterocycles. The summed E-state index contributed by atoms with van der Waals surface area (Å²) in [7, 11) is 0. The topological polar surface area (TPSA) is 68.3 Å². The van der Waals surface area contributed by atoms with Crippen LogP contribution in [0.15, 0.2) is 5.38 Å². The number of ether oxygens (including phenoxy) is 1. The largest absolute Gasteiger partial charge is 0.455 e. The lowest BCUT2D eigenvalue weighted by atomic mass is 9.98. The fourth-order valence-electron chi connectivity index (χ4n) is 1.91. The summed E-state index contributed by atoms with van der Waals surface area (Å²) < 4.78 is 5.37. The van der Waals surface area contributed by atoms with Gasteiger partial charge in [-0.25, -0.2) is 4.98 Å². The Labute approximate surface area is 123 Å². The maximum absolute atomic E-state index is 11.3. The molecule has 0 aromatic carbocycles. The molecule has 0 fully saturated rings. The lowest BCUT2D eigenvalue weighted by molar-refractivity contribution is -0.147. The number of aromatic nitrogens is 1. The van der Waals surface area contributed by atoms with Gasteiger partial charge in [0.15, 0.2) is 6.10 Å². The maximum Gasteiger partial charge on any atom is 0.303 e. The highest BCUT2D eigenvalue weighted by Crippen LogP contribution is 2.28. The highest BCUT2D eigenvalue weighted by Gasteiger charge is 2.25. The maximum atomic E-state index is 11.3. The summed E-state index contributed by atoms with van der Waals surface area (Å²) in [4.78, 5) is 26.9. The summed E-state index contributed by atoms with van der Waals surface area (Å²) >= 11 is 1.47. The Kier molecular flexibility index (Phi) is 6.13. The molecule has 0 spiro atoms. The minimum absolute atomic E-state index is 0.0546. The molecule has 20 heavy (non-hydrogen) atoms. The van der Waals surface area contributed by atoms with Crippen LogP contribution >= 0.6 is 11.3 Å². The third kappa shape index (κ3) is 5.28. The van der Waals surface area contributed by atoms with Gasteiger partial charge < -0.3 is 10.1 Å². The number of carbonyl (C=O) groups excluding carboxylic acids is 2. The quantitative estimate of drug-likeness (QED) is 0.820. The number of thiazole rings is 1. The van der Waals surface area contributed by atoms with Gasteiger partial charge in [0.1, 0.15) is 5.01 Å². The monoisotopic (exact) mass is 298 g/mol. The smallest absolute Gasteiger partial charge is 0.303 e. The molecule has 2 atom stereocenters. The van der Waals surface area contributed by atoms with Crippen molar-refractivity contribution in [2.75, 3.05) is 0 Å². The number of hydrogen-bond donors (Lipinski definition) is 1. The Morgan fingerprint density at radius 1 is 1.40 bits per heavy atom. The lowest BCUT2D eigenvalue weighted by Crippen LogP contribution is -2.38. The first-order valence-electron chi connectivity index (χ1n) is 6.66. The summed E-state index contributed by atoms with van der Waals surface area (Å²) in [5, 5.41) is 5.60. The number of nitrogens with one attached hydrogen (secondary N) is 1.